The van der Waals surface area contributed by atoms with E-state index in [1.165, 1.54) is 13.0 Å². The average Bonchev–Trinajstić information content (AvgIpc) is 3.25. The van der Waals surface area contributed by atoms with Crippen LogP contribution in [0.5, 0.6) is 0 Å². The lowest BCUT2D eigenvalue weighted by Crippen LogP contribution is -2.34. The summed E-state index contributed by atoms with van der Waals surface area (Å²) >= 11 is 0. The van der Waals surface area contributed by atoms with Gasteiger partial charge in [0.05, 0.1) is 47.1 Å². The predicted octanol–water partition coefficient (Wildman–Crippen LogP) is 3.52. The Labute approximate surface area is 217 Å². The lowest BCUT2D eigenvalue weighted by molar-refractivity contribution is -0.148. The van der Waals surface area contributed by atoms with Crippen molar-refractivity contribution in [2.24, 2.45) is 0 Å². The first-order chi connectivity index (χ1) is 18.2. The largest absolute Gasteiger partial charge is 0.460 e. The van der Waals surface area contributed by atoms with E-state index in [9.17, 15) is 23.9 Å². The molecule has 3 atom stereocenters. The zero-order valence-corrected chi connectivity index (χ0v) is 21.4. The molecule has 0 saturated heterocycles. The summed E-state index contributed by atoms with van der Waals surface area (Å²) in [6.45, 7) is 5.15. The van der Waals surface area contributed by atoms with Crippen LogP contribution >= 0.6 is 0 Å². The molecule has 1 aliphatic carbocycles. The number of alkyl carbamates (subject to hydrolysis) is 1. The highest BCUT2D eigenvalue weighted by atomic mass is 19.1. The predicted molar refractivity (Wildman–Crippen MR) is 135 cm³/mol. The minimum absolute atomic E-state index is 0.0732. The van der Waals surface area contributed by atoms with Gasteiger partial charge in [-0.15, -0.1) is 0 Å². The number of halogens is 1. The van der Waals surface area contributed by atoms with Crippen LogP contribution < -0.4 is 10.9 Å². The number of fused-ring (bicyclic) bond motifs is 5. The lowest BCUT2D eigenvalue weighted by atomic mass is 9.81. The Balaban J connectivity index is 1.56. The van der Waals surface area contributed by atoms with E-state index in [2.05, 4.69) is 5.32 Å². The monoisotopic (exact) mass is 521 g/mol. The first kappa shape index (κ1) is 24.5. The van der Waals surface area contributed by atoms with Crippen LogP contribution in [-0.4, -0.2) is 39.4 Å². The first-order valence-corrected chi connectivity index (χ1v) is 12.9. The number of carbonyl (C=O) groups is 2. The highest BCUT2D eigenvalue weighted by Gasteiger charge is 2.37. The zero-order chi connectivity index (χ0) is 26.9. The molecule has 38 heavy (non-hydrogen) atoms. The van der Waals surface area contributed by atoms with Crippen molar-refractivity contribution in [2.75, 3.05) is 6.61 Å². The van der Waals surface area contributed by atoms with Gasteiger partial charge in [0, 0.05) is 17.0 Å². The highest BCUT2D eigenvalue weighted by Crippen LogP contribution is 2.45. The fraction of sp³-hybridized carbons (Fsp3) is 0.429. The Hall–Kier alpha value is -3.79. The second-order valence-corrected chi connectivity index (χ2v) is 10.3. The van der Waals surface area contributed by atoms with E-state index < -0.39 is 24.2 Å². The summed E-state index contributed by atoms with van der Waals surface area (Å²) in [7, 11) is 0. The van der Waals surface area contributed by atoms with Crippen molar-refractivity contribution in [3.05, 3.63) is 61.7 Å². The fourth-order valence-electron chi connectivity index (χ4n) is 6.10. The number of aliphatic hydroxyl groups is 1. The maximum absolute atomic E-state index is 15.0. The maximum atomic E-state index is 15.0. The number of rotatable bonds is 4. The summed E-state index contributed by atoms with van der Waals surface area (Å²) in [5.41, 5.74) is 5.39. The van der Waals surface area contributed by atoms with E-state index in [4.69, 9.17) is 14.5 Å². The van der Waals surface area contributed by atoms with Gasteiger partial charge in [0.15, 0.2) is 0 Å². The minimum atomic E-state index is -0.800. The van der Waals surface area contributed by atoms with Crippen LogP contribution in [-0.2, 0) is 33.8 Å². The molecule has 0 bridgehead atoms. The Kier molecular flexibility index (Phi) is 5.75. The second-order valence-electron chi connectivity index (χ2n) is 10.3. The number of pyridine rings is 2. The molecule has 198 valence electrons. The van der Waals surface area contributed by atoms with Crippen LogP contribution in [0, 0.1) is 12.7 Å². The fourth-order valence-corrected chi connectivity index (χ4v) is 6.10. The zero-order valence-electron chi connectivity index (χ0n) is 21.4. The van der Waals surface area contributed by atoms with Gasteiger partial charge in [0.1, 0.15) is 19.0 Å². The average molecular weight is 522 g/mol. The van der Waals surface area contributed by atoms with Gasteiger partial charge in [-0.2, -0.15) is 0 Å². The smallest absolute Gasteiger partial charge is 0.407 e. The van der Waals surface area contributed by atoms with E-state index in [0.29, 0.717) is 52.9 Å². The van der Waals surface area contributed by atoms with Gasteiger partial charge >= 0.3 is 12.1 Å². The molecule has 10 heteroatoms. The molecule has 0 saturated carbocycles. The number of nitrogens with zero attached hydrogens (tertiary/aromatic N) is 2. The molecule has 0 radical (unpaired) electrons. The van der Waals surface area contributed by atoms with Crippen molar-refractivity contribution in [1.29, 1.82) is 0 Å². The van der Waals surface area contributed by atoms with Crippen molar-refractivity contribution < 1.29 is 28.6 Å². The number of carbonyl (C=O) groups excluding carboxylic acids is 2. The van der Waals surface area contributed by atoms with Gasteiger partial charge in [-0.1, -0.05) is 6.92 Å². The van der Waals surface area contributed by atoms with Crippen molar-refractivity contribution >= 4 is 23.0 Å². The van der Waals surface area contributed by atoms with Crippen LogP contribution in [0.3, 0.4) is 0 Å². The van der Waals surface area contributed by atoms with E-state index in [0.717, 1.165) is 22.1 Å². The highest BCUT2D eigenvalue weighted by molar-refractivity contribution is 5.93. The molecular formula is C28H28FN3O6. The number of amides is 1. The Morgan fingerprint density at radius 1 is 1.32 bits per heavy atom. The van der Waals surface area contributed by atoms with Gasteiger partial charge in [-0.25, -0.2) is 14.2 Å². The van der Waals surface area contributed by atoms with Crippen LogP contribution in [0.15, 0.2) is 16.9 Å². The molecule has 4 heterocycles. The SMILES string of the molecule is CCC1C(=O)OCc2c1cc1n(c2=O)Cc2c-1nc1cc(F)c(C)c3c1c2C(NC(=O)OCC(C)O)CC3. The summed E-state index contributed by atoms with van der Waals surface area (Å²) in [6.07, 6.45) is 0.0707. The molecule has 3 aliphatic rings. The molecule has 2 aliphatic heterocycles. The van der Waals surface area contributed by atoms with Gasteiger partial charge in [0.2, 0.25) is 0 Å². The van der Waals surface area contributed by atoms with Gasteiger partial charge in [-0.3, -0.25) is 9.59 Å². The Morgan fingerprint density at radius 2 is 2.11 bits per heavy atom. The third-order valence-electron chi connectivity index (χ3n) is 7.94. The van der Waals surface area contributed by atoms with Crippen LogP contribution in [0.2, 0.25) is 0 Å². The summed E-state index contributed by atoms with van der Waals surface area (Å²) in [5.74, 6) is -1.25. The molecule has 9 nitrogen and oxygen atoms in total. The summed E-state index contributed by atoms with van der Waals surface area (Å²) in [4.78, 5) is 43.5. The summed E-state index contributed by atoms with van der Waals surface area (Å²) in [5, 5.41) is 13.2. The van der Waals surface area contributed by atoms with Gasteiger partial charge in [0.25, 0.3) is 5.56 Å². The van der Waals surface area contributed by atoms with Gasteiger partial charge in [-0.05, 0) is 61.4 Å². The number of hydrogen-bond donors (Lipinski definition) is 2. The van der Waals surface area contributed by atoms with E-state index in [1.807, 2.05) is 13.0 Å². The molecule has 1 aromatic carbocycles. The third kappa shape index (κ3) is 3.61. The molecule has 1 amide bonds. The van der Waals surface area contributed by atoms with Crippen LogP contribution in [0.25, 0.3) is 22.3 Å². The van der Waals surface area contributed by atoms with E-state index in [-0.39, 0.29) is 37.1 Å². The van der Waals surface area contributed by atoms with E-state index >= 15 is 0 Å². The number of aryl methyl sites for hydroxylation is 1. The van der Waals surface area contributed by atoms with Crippen molar-refractivity contribution in [1.82, 2.24) is 14.9 Å². The quantitative estimate of drug-likeness (QED) is 0.395. The standard InChI is InChI=1S/C28H28FN3O6/c1-4-14-16-7-22-25-17(9-32(22)26(34)18(16)11-37-27(14)35)24-20(31-28(36)38-10-12(2)33)6-5-15-13(3)19(29)8-21(30-25)23(15)24/h7-8,12,14,20,33H,4-6,9-11H2,1-3H3,(H,31,36). The van der Waals surface area contributed by atoms with E-state index in [1.54, 1.807) is 11.5 Å². The summed E-state index contributed by atoms with van der Waals surface area (Å²) < 4.78 is 27.0. The number of esters is 1. The molecule has 2 N–H and O–H groups in total. The molecule has 2 aromatic heterocycles. The van der Waals surface area contributed by atoms with Crippen molar-refractivity contribution in [3.63, 3.8) is 0 Å². The second kappa shape index (κ2) is 8.90. The molecule has 0 fully saturated rings. The van der Waals surface area contributed by atoms with Crippen molar-refractivity contribution in [2.45, 2.75) is 71.2 Å². The number of aliphatic hydroxyl groups excluding tert-OH is 1. The number of nitrogens with one attached hydrogen (secondary N) is 1. The van der Waals surface area contributed by atoms with Crippen LogP contribution in [0.4, 0.5) is 9.18 Å². The molecule has 0 spiro atoms. The first-order valence-electron chi connectivity index (χ1n) is 12.9. The molecule has 3 unspecified atom stereocenters. The number of ether oxygens (including phenoxy) is 2. The van der Waals surface area contributed by atoms with Gasteiger partial charge < -0.3 is 24.5 Å². The lowest BCUT2D eigenvalue weighted by Gasteiger charge is -2.29. The third-order valence-corrected chi connectivity index (χ3v) is 7.94. The Bertz CT molecular complexity index is 1590. The molecular weight excluding hydrogens is 493 g/mol. The molecule has 6 rings (SSSR count). The van der Waals surface area contributed by atoms with Crippen LogP contribution in [0.1, 0.15) is 72.0 Å². The number of aromatic nitrogens is 2. The van der Waals surface area contributed by atoms with Crippen molar-refractivity contribution in [3.8, 4) is 11.4 Å². The minimum Gasteiger partial charge on any atom is -0.460 e. The maximum Gasteiger partial charge on any atom is 0.407 e. The molecule has 3 aromatic rings. The Morgan fingerprint density at radius 3 is 2.84 bits per heavy atom. The summed E-state index contributed by atoms with van der Waals surface area (Å²) in [6, 6.07) is 2.79. The topological polar surface area (TPSA) is 120 Å². The number of hydrogen-bond acceptors (Lipinski definition) is 7. The number of cyclic esters (lactones) is 1. The number of benzene rings is 1. The normalized spacial score (nSPS) is 19.9.